The summed E-state index contributed by atoms with van der Waals surface area (Å²) < 4.78 is 5.63. The number of piperidine rings is 1. The Hall–Kier alpha value is -1.02. The third kappa shape index (κ3) is 2.47. The van der Waals surface area contributed by atoms with Crippen molar-refractivity contribution in [1.29, 1.82) is 0 Å². The molecule has 1 aliphatic rings. The van der Waals surface area contributed by atoms with Gasteiger partial charge >= 0.3 is 0 Å². The highest BCUT2D eigenvalue weighted by atomic mass is 16.5. The van der Waals surface area contributed by atoms with Gasteiger partial charge < -0.3 is 10.1 Å². The lowest BCUT2D eigenvalue weighted by atomic mass is 9.85. The number of hydrogen-bond donors (Lipinski definition) is 1. The molecule has 1 aromatic rings. The minimum atomic E-state index is 0.611. The minimum absolute atomic E-state index is 0.611. The van der Waals surface area contributed by atoms with Crippen molar-refractivity contribution in [3.05, 3.63) is 28.8 Å². The van der Waals surface area contributed by atoms with Crippen molar-refractivity contribution in [2.24, 2.45) is 0 Å². The standard InChI is InChI=1S/C15H23NO/c1-10-5-6-14(15(17-4)12(10)3)13-7-8-16-11(2)9-13/h5-6,11,13,16H,7-9H2,1-4H3. The molecule has 1 fully saturated rings. The van der Waals surface area contributed by atoms with E-state index in [1.165, 1.54) is 29.5 Å². The van der Waals surface area contributed by atoms with Crippen LogP contribution in [0.3, 0.4) is 0 Å². The first kappa shape index (κ1) is 12.4. The second-order valence-electron chi connectivity index (χ2n) is 5.21. The smallest absolute Gasteiger partial charge is 0.125 e. The van der Waals surface area contributed by atoms with Crippen LogP contribution in [-0.2, 0) is 0 Å². The molecule has 2 nitrogen and oxygen atoms in total. The third-order valence-electron chi connectivity index (χ3n) is 3.97. The second-order valence-corrected chi connectivity index (χ2v) is 5.21. The predicted molar refractivity (Wildman–Crippen MR) is 71.9 cm³/mol. The van der Waals surface area contributed by atoms with E-state index in [1.807, 2.05) is 0 Å². The summed E-state index contributed by atoms with van der Waals surface area (Å²) in [5, 5.41) is 3.50. The maximum atomic E-state index is 5.63. The van der Waals surface area contributed by atoms with Crippen LogP contribution in [0.2, 0.25) is 0 Å². The molecule has 94 valence electrons. The lowest BCUT2D eigenvalue weighted by Crippen LogP contribution is -2.35. The fraction of sp³-hybridized carbons (Fsp3) is 0.600. The Morgan fingerprint density at radius 3 is 2.71 bits per heavy atom. The predicted octanol–water partition coefficient (Wildman–Crippen LogP) is 3.17. The fourth-order valence-corrected chi connectivity index (χ4v) is 2.82. The molecule has 2 unspecified atom stereocenters. The van der Waals surface area contributed by atoms with Crippen molar-refractivity contribution in [2.75, 3.05) is 13.7 Å². The van der Waals surface area contributed by atoms with E-state index in [1.54, 1.807) is 7.11 Å². The first-order chi connectivity index (χ1) is 8.13. The summed E-state index contributed by atoms with van der Waals surface area (Å²) in [5.41, 5.74) is 3.99. The number of aryl methyl sites for hydroxylation is 1. The molecule has 1 aromatic carbocycles. The van der Waals surface area contributed by atoms with Crippen molar-refractivity contribution in [1.82, 2.24) is 5.32 Å². The van der Waals surface area contributed by atoms with Gasteiger partial charge in [-0.1, -0.05) is 12.1 Å². The molecule has 0 aromatic heterocycles. The van der Waals surface area contributed by atoms with E-state index in [-0.39, 0.29) is 0 Å². The monoisotopic (exact) mass is 233 g/mol. The van der Waals surface area contributed by atoms with Gasteiger partial charge in [-0.05, 0) is 62.8 Å². The summed E-state index contributed by atoms with van der Waals surface area (Å²) in [7, 11) is 1.79. The molecule has 1 heterocycles. The lowest BCUT2D eigenvalue weighted by Gasteiger charge is -2.30. The molecular formula is C15H23NO. The van der Waals surface area contributed by atoms with Gasteiger partial charge in [-0.15, -0.1) is 0 Å². The van der Waals surface area contributed by atoms with Gasteiger partial charge in [0.05, 0.1) is 7.11 Å². The first-order valence-corrected chi connectivity index (χ1v) is 6.51. The van der Waals surface area contributed by atoms with Crippen molar-refractivity contribution < 1.29 is 4.74 Å². The quantitative estimate of drug-likeness (QED) is 0.847. The molecule has 17 heavy (non-hydrogen) atoms. The van der Waals surface area contributed by atoms with Gasteiger partial charge in [0.2, 0.25) is 0 Å². The van der Waals surface area contributed by atoms with Crippen molar-refractivity contribution in [3.8, 4) is 5.75 Å². The lowest BCUT2D eigenvalue weighted by molar-refractivity contribution is 0.359. The average Bonchev–Trinajstić information content (AvgIpc) is 2.32. The molecule has 1 N–H and O–H groups in total. The molecule has 2 atom stereocenters. The summed E-state index contributed by atoms with van der Waals surface area (Å²) in [4.78, 5) is 0. The fourth-order valence-electron chi connectivity index (χ4n) is 2.82. The van der Waals surface area contributed by atoms with Crippen LogP contribution in [0, 0.1) is 13.8 Å². The van der Waals surface area contributed by atoms with Crippen molar-refractivity contribution in [3.63, 3.8) is 0 Å². The summed E-state index contributed by atoms with van der Waals surface area (Å²) >= 11 is 0. The molecule has 0 radical (unpaired) electrons. The number of hydrogen-bond acceptors (Lipinski definition) is 2. The van der Waals surface area contributed by atoms with E-state index in [0.717, 1.165) is 12.3 Å². The zero-order valence-electron chi connectivity index (χ0n) is 11.3. The largest absolute Gasteiger partial charge is 0.496 e. The molecule has 0 saturated carbocycles. The van der Waals surface area contributed by atoms with Crippen LogP contribution in [0.5, 0.6) is 5.75 Å². The molecule has 0 bridgehead atoms. The van der Waals surface area contributed by atoms with E-state index in [2.05, 4.69) is 38.2 Å². The van der Waals surface area contributed by atoms with E-state index in [9.17, 15) is 0 Å². The van der Waals surface area contributed by atoms with Gasteiger partial charge in [0.15, 0.2) is 0 Å². The second kappa shape index (κ2) is 5.09. The zero-order chi connectivity index (χ0) is 12.4. The number of rotatable bonds is 2. The molecule has 1 aliphatic heterocycles. The number of methoxy groups -OCH3 is 1. The summed E-state index contributed by atoms with van der Waals surface area (Å²) in [6.07, 6.45) is 2.42. The Morgan fingerprint density at radius 2 is 2.06 bits per heavy atom. The first-order valence-electron chi connectivity index (χ1n) is 6.51. The van der Waals surface area contributed by atoms with Crippen LogP contribution < -0.4 is 10.1 Å². The summed E-state index contributed by atoms with van der Waals surface area (Å²) in [6.45, 7) is 7.68. The van der Waals surface area contributed by atoms with Gasteiger partial charge in [0.1, 0.15) is 5.75 Å². The highest BCUT2D eigenvalue weighted by Crippen LogP contribution is 2.37. The molecular weight excluding hydrogens is 210 g/mol. The Kier molecular flexibility index (Phi) is 3.72. The average molecular weight is 233 g/mol. The number of benzene rings is 1. The van der Waals surface area contributed by atoms with Gasteiger partial charge in [-0.2, -0.15) is 0 Å². The highest BCUT2D eigenvalue weighted by Gasteiger charge is 2.23. The van der Waals surface area contributed by atoms with E-state index in [4.69, 9.17) is 4.74 Å². The van der Waals surface area contributed by atoms with Crippen LogP contribution in [0.25, 0.3) is 0 Å². The van der Waals surface area contributed by atoms with Crippen molar-refractivity contribution in [2.45, 2.75) is 45.6 Å². The van der Waals surface area contributed by atoms with E-state index < -0.39 is 0 Å². The summed E-state index contributed by atoms with van der Waals surface area (Å²) in [6, 6.07) is 5.09. The van der Waals surface area contributed by atoms with Crippen LogP contribution in [0.1, 0.15) is 42.4 Å². The van der Waals surface area contributed by atoms with E-state index >= 15 is 0 Å². The normalized spacial score (nSPS) is 24.7. The maximum Gasteiger partial charge on any atom is 0.125 e. The molecule has 0 aliphatic carbocycles. The molecule has 2 heteroatoms. The van der Waals surface area contributed by atoms with Gasteiger partial charge in [0.25, 0.3) is 0 Å². The summed E-state index contributed by atoms with van der Waals surface area (Å²) in [5.74, 6) is 1.74. The highest BCUT2D eigenvalue weighted by molar-refractivity contribution is 5.47. The number of ether oxygens (including phenoxy) is 1. The Labute approximate surface area is 104 Å². The van der Waals surface area contributed by atoms with Crippen LogP contribution in [0.15, 0.2) is 12.1 Å². The third-order valence-corrected chi connectivity index (χ3v) is 3.97. The Morgan fingerprint density at radius 1 is 1.29 bits per heavy atom. The minimum Gasteiger partial charge on any atom is -0.496 e. The molecule has 0 spiro atoms. The molecule has 1 saturated heterocycles. The molecule has 2 rings (SSSR count). The molecule has 0 amide bonds. The van der Waals surface area contributed by atoms with Crippen LogP contribution in [0.4, 0.5) is 0 Å². The van der Waals surface area contributed by atoms with Gasteiger partial charge in [-0.3, -0.25) is 0 Å². The van der Waals surface area contributed by atoms with Crippen LogP contribution >= 0.6 is 0 Å². The van der Waals surface area contributed by atoms with Crippen molar-refractivity contribution >= 4 is 0 Å². The SMILES string of the molecule is COc1c(C2CCNC(C)C2)ccc(C)c1C. The van der Waals surface area contributed by atoms with Gasteiger partial charge in [0, 0.05) is 6.04 Å². The van der Waals surface area contributed by atoms with Gasteiger partial charge in [-0.25, -0.2) is 0 Å². The van der Waals surface area contributed by atoms with E-state index in [0.29, 0.717) is 12.0 Å². The number of nitrogens with one attached hydrogen (secondary N) is 1. The van der Waals surface area contributed by atoms with Crippen LogP contribution in [-0.4, -0.2) is 19.7 Å². The maximum absolute atomic E-state index is 5.63. The Bertz CT molecular complexity index is 400. The Balaban J connectivity index is 2.34. The zero-order valence-corrected chi connectivity index (χ0v) is 11.3. The topological polar surface area (TPSA) is 21.3 Å².